The van der Waals surface area contributed by atoms with E-state index in [-0.39, 0.29) is 0 Å². The first-order valence-corrected chi connectivity index (χ1v) is 4.93. The number of rotatable bonds is 3. The van der Waals surface area contributed by atoms with Crippen LogP contribution in [0, 0.1) is 6.92 Å². The van der Waals surface area contributed by atoms with Crippen LogP contribution >= 0.6 is 11.6 Å². The molecule has 0 N–H and O–H groups in total. The minimum Gasteiger partial charge on any atom is -0.493 e. The molecule has 0 saturated heterocycles. The average molecular weight is 215 g/mol. The third-order valence-electron chi connectivity index (χ3n) is 2.34. The van der Waals surface area contributed by atoms with Gasteiger partial charge in [0, 0.05) is 0 Å². The number of halogens is 1. The van der Waals surface area contributed by atoms with Crippen LogP contribution in [0.3, 0.4) is 0 Å². The highest BCUT2D eigenvalue weighted by Crippen LogP contribution is 2.39. The van der Waals surface area contributed by atoms with E-state index in [9.17, 15) is 0 Å². The molecule has 0 unspecified atom stereocenters. The summed E-state index contributed by atoms with van der Waals surface area (Å²) in [6.07, 6.45) is 0.936. The summed E-state index contributed by atoms with van der Waals surface area (Å²) in [5.41, 5.74) is 2.28. The molecule has 78 valence electrons. The van der Waals surface area contributed by atoms with Crippen molar-refractivity contribution in [3.63, 3.8) is 0 Å². The minimum atomic E-state index is 0.604. The third-order valence-corrected chi connectivity index (χ3v) is 2.62. The van der Waals surface area contributed by atoms with Gasteiger partial charge in [-0.3, -0.25) is 0 Å². The lowest BCUT2D eigenvalue weighted by Crippen LogP contribution is -1.97. The van der Waals surface area contributed by atoms with Gasteiger partial charge in [-0.05, 0) is 30.5 Å². The largest absolute Gasteiger partial charge is 0.493 e. The Labute approximate surface area is 89.8 Å². The fourth-order valence-corrected chi connectivity index (χ4v) is 1.85. The van der Waals surface area contributed by atoms with Gasteiger partial charge in [0.05, 0.1) is 19.2 Å². The molecule has 14 heavy (non-hydrogen) atoms. The van der Waals surface area contributed by atoms with Gasteiger partial charge in [0.2, 0.25) is 0 Å². The van der Waals surface area contributed by atoms with E-state index in [4.69, 9.17) is 21.1 Å². The number of benzene rings is 1. The fourth-order valence-electron chi connectivity index (χ4n) is 1.55. The van der Waals surface area contributed by atoms with Crippen molar-refractivity contribution < 1.29 is 9.47 Å². The van der Waals surface area contributed by atoms with Gasteiger partial charge in [-0.15, -0.1) is 0 Å². The van der Waals surface area contributed by atoms with E-state index in [1.54, 1.807) is 14.2 Å². The molecular formula is C11H15ClO2. The Hall–Kier alpha value is -0.890. The maximum Gasteiger partial charge on any atom is 0.179 e. The predicted molar refractivity (Wildman–Crippen MR) is 58.7 cm³/mol. The van der Waals surface area contributed by atoms with Crippen molar-refractivity contribution in [3.05, 3.63) is 22.2 Å². The van der Waals surface area contributed by atoms with Crippen LogP contribution in [0.1, 0.15) is 18.1 Å². The first-order valence-electron chi connectivity index (χ1n) is 4.55. The Bertz CT molecular complexity index is 335. The van der Waals surface area contributed by atoms with E-state index in [0.29, 0.717) is 10.8 Å². The van der Waals surface area contributed by atoms with Crippen molar-refractivity contribution in [2.24, 2.45) is 0 Å². The van der Waals surface area contributed by atoms with E-state index in [0.717, 1.165) is 17.7 Å². The molecule has 0 fully saturated rings. The Balaban J connectivity index is 3.40. The van der Waals surface area contributed by atoms with Crippen LogP contribution in [0.25, 0.3) is 0 Å². The number of ether oxygens (including phenoxy) is 2. The number of hydrogen-bond acceptors (Lipinski definition) is 2. The highest BCUT2D eigenvalue weighted by molar-refractivity contribution is 6.32. The van der Waals surface area contributed by atoms with Crippen molar-refractivity contribution >= 4 is 11.6 Å². The second-order valence-electron chi connectivity index (χ2n) is 3.06. The van der Waals surface area contributed by atoms with Crippen molar-refractivity contribution in [2.75, 3.05) is 14.2 Å². The molecule has 1 rings (SSSR count). The Kier molecular flexibility index (Phi) is 3.64. The minimum absolute atomic E-state index is 0.604. The van der Waals surface area contributed by atoms with Gasteiger partial charge in [-0.2, -0.15) is 0 Å². The van der Waals surface area contributed by atoms with Crippen LogP contribution in [-0.2, 0) is 6.42 Å². The Morgan fingerprint density at radius 2 is 1.79 bits per heavy atom. The molecular weight excluding hydrogens is 200 g/mol. The van der Waals surface area contributed by atoms with E-state index >= 15 is 0 Å². The second-order valence-corrected chi connectivity index (χ2v) is 3.47. The lowest BCUT2D eigenvalue weighted by Gasteiger charge is -2.14. The van der Waals surface area contributed by atoms with E-state index < -0.39 is 0 Å². The molecule has 0 atom stereocenters. The molecule has 3 heteroatoms. The molecule has 0 bridgehead atoms. The summed E-state index contributed by atoms with van der Waals surface area (Å²) >= 11 is 6.06. The molecule has 0 radical (unpaired) electrons. The number of aryl methyl sites for hydroxylation is 1. The molecule has 0 amide bonds. The van der Waals surface area contributed by atoms with E-state index in [1.165, 1.54) is 5.56 Å². The van der Waals surface area contributed by atoms with Crippen molar-refractivity contribution in [3.8, 4) is 11.5 Å². The smallest absolute Gasteiger partial charge is 0.179 e. The SMILES string of the molecule is CCc1cc(Cl)c(OC)c(OC)c1C. The monoisotopic (exact) mass is 214 g/mol. The molecule has 0 heterocycles. The first-order chi connectivity index (χ1) is 6.65. The van der Waals surface area contributed by atoms with E-state index in [1.807, 2.05) is 13.0 Å². The van der Waals surface area contributed by atoms with Crippen molar-refractivity contribution in [1.29, 1.82) is 0 Å². The van der Waals surface area contributed by atoms with Crippen LogP contribution in [0.4, 0.5) is 0 Å². The zero-order chi connectivity index (χ0) is 10.7. The van der Waals surface area contributed by atoms with Gasteiger partial charge in [0.1, 0.15) is 0 Å². The lowest BCUT2D eigenvalue weighted by atomic mass is 10.0. The summed E-state index contributed by atoms with van der Waals surface area (Å²) in [5, 5.41) is 0.604. The summed E-state index contributed by atoms with van der Waals surface area (Å²) in [6, 6.07) is 1.93. The summed E-state index contributed by atoms with van der Waals surface area (Å²) in [4.78, 5) is 0. The van der Waals surface area contributed by atoms with Crippen molar-refractivity contribution in [1.82, 2.24) is 0 Å². The highest BCUT2D eigenvalue weighted by atomic mass is 35.5. The zero-order valence-corrected chi connectivity index (χ0v) is 9.73. The first kappa shape index (κ1) is 11.2. The van der Waals surface area contributed by atoms with Gasteiger partial charge >= 0.3 is 0 Å². The zero-order valence-electron chi connectivity index (χ0n) is 8.98. The quantitative estimate of drug-likeness (QED) is 0.769. The normalized spacial score (nSPS) is 10.1. The maximum atomic E-state index is 6.06. The molecule has 2 nitrogen and oxygen atoms in total. The highest BCUT2D eigenvalue weighted by Gasteiger charge is 2.14. The van der Waals surface area contributed by atoms with Gasteiger partial charge in [-0.1, -0.05) is 18.5 Å². The third kappa shape index (κ3) is 1.80. The molecule has 0 aliphatic carbocycles. The van der Waals surface area contributed by atoms with Gasteiger partial charge in [0.25, 0.3) is 0 Å². The van der Waals surface area contributed by atoms with Gasteiger partial charge in [-0.25, -0.2) is 0 Å². The fraction of sp³-hybridized carbons (Fsp3) is 0.455. The van der Waals surface area contributed by atoms with Crippen LogP contribution in [0.5, 0.6) is 11.5 Å². The average Bonchev–Trinajstić information content (AvgIpc) is 2.20. The van der Waals surface area contributed by atoms with Gasteiger partial charge < -0.3 is 9.47 Å². The van der Waals surface area contributed by atoms with Crippen LogP contribution < -0.4 is 9.47 Å². The Morgan fingerprint density at radius 1 is 1.21 bits per heavy atom. The Morgan fingerprint density at radius 3 is 2.21 bits per heavy atom. The summed E-state index contributed by atoms with van der Waals surface area (Å²) in [7, 11) is 3.22. The summed E-state index contributed by atoms with van der Waals surface area (Å²) in [6.45, 7) is 4.10. The molecule has 0 saturated carbocycles. The lowest BCUT2D eigenvalue weighted by molar-refractivity contribution is 0.352. The van der Waals surface area contributed by atoms with Crippen LogP contribution in [-0.4, -0.2) is 14.2 Å². The van der Waals surface area contributed by atoms with Gasteiger partial charge in [0.15, 0.2) is 11.5 Å². The number of hydrogen-bond donors (Lipinski definition) is 0. The number of methoxy groups -OCH3 is 2. The molecule has 1 aromatic rings. The second kappa shape index (κ2) is 4.56. The molecule has 0 aliphatic heterocycles. The predicted octanol–water partition coefficient (Wildman–Crippen LogP) is 3.23. The molecule has 0 aromatic heterocycles. The maximum absolute atomic E-state index is 6.06. The van der Waals surface area contributed by atoms with Crippen LogP contribution in [0.2, 0.25) is 5.02 Å². The van der Waals surface area contributed by atoms with Crippen LogP contribution in [0.15, 0.2) is 6.07 Å². The molecule has 0 spiro atoms. The molecule has 0 aliphatic rings. The molecule has 1 aromatic carbocycles. The topological polar surface area (TPSA) is 18.5 Å². The summed E-state index contributed by atoms with van der Waals surface area (Å²) in [5.74, 6) is 1.35. The van der Waals surface area contributed by atoms with Crippen molar-refractivity contribution in [2.45, 2.75) is 20.3 Å². The summed E-state index contributed by atoms with van der Waals surface area (Å²) < 4.78 is 10.5. The van der Waals surface area contributed by atoms with E-state index in [2.05, 4.69) is 6.92 Å². The standard InChI is InChI=1S/C11H15ClO2/c1-5-8-6-9(12)11(14-4)10(13-3)7(8)2/h6H,5H2,1-4H3.